The fraction of sp³-hybridized carbons (Fsp3) is 0.846. The maximum atomic E-state index is 11.0. The van der Waals surface area contributed by atoms with Crippen LogP contribution in [0.15, 0.2) is 0 Å². The van der Waals surface area contributed by atoms with E-state index in [0.29, 0.717) is 13.0 Å². The van der Waals surface area contributed by atoms with Crippen molar-refractivity contribution in [3.05, 3.63) is 0 Å². The van der Waals surface area contributed by atoms with Gasteiger partial charge in [0.2, 0.25) is 11.8 Å². The van der Waals surface area contributed by atoms with Crippen molar-refractivity contribution in [2.45, 2.75) is 60.8 Å². The topological polar surface area (TPSA) is 58.2 Å². The van der Waals surface area contributed by atoms with Crippen molar-refractivity contribution in [3.8, 4) is 0 Å². The lowest BCUT2D eigenvalue weighted by atomic mass is 10.3. The van der Waals surface area contributed by atoms with Gasteiger partial charge >= 0.3 is 0 Å². The SMILES string of the molecule is C.CCC.CCCCNC(=O)CCNC(C)=O. The first-order chi connectivity index (χ1) is 7.58. The fourth-order valence-corrected chi connectivity index (χ4v) is 0.845. The van der Waals surface area contributed by atoms with Gasteiger partial charge < -0.3 is 10.6 Å². The Morgan fingerprint density at radius 2 is 1.53 bits per heavy atom. The van der Waals surface area contributed by atoms with E-state index < -0.39 is 0 Å². The first kappa shape index (κ1) is 21.2. The van der Waals surface area contributed by atoms with Crippen LogP contribution in [0.3, 0.4) is 0 Å². The maximum Gasteiger partial charge on any atom is 0.221 e. The highest BCUT2D eigenvalue weighted by Gasteiger charge is 1.99. The number of unbranched alkanes of at least 4 members (excludes halogenated alkanes) is 1. The van der Waals surface area contributed by atoms with E-state index in [-0.39, 0.29) is 19.2 Å². The standard InChI is InChI=1S/C9H18N2O2.C3H8.CH4/c1-3-4-6-11-9(13)5-7-10-8(2)12;1-3-2;/h3-7H2,1-2H3,(H,10,12)(H,11,13);3H2,1-2H3;1H4. The Morgan fingerprint density at radius 3 is 1.94 bits per heavy atom. The molecule has 0 aromatic carbocycles. The third kappa shape index (κ3) is 25.3. The molecule has 0 radical (unpaired) electrons. The molecule has 0 aromatic rings. The van der Waals surface area contributed by atoms with Crippen LogP contribution in [0, 0.1) is 0 Å². The van der Waals surface area contributed by atoms with Crippen LogP contribution in [0.2, 0.25) is 0 Å². The molecule has 2 amide bonds. The van der Waals surface area contributed by atoms with Gasteiger partial charge in [0.15, 0.2) is 0 Å². The molecule has 0 spiro atoms. The van der Waals surface area contributed by atoms with Gasteiger partial charge in [-0.1, -0.05) is 41.0 Å². The molecule has 0 unspecified atom stereocenters. The van der Waals surface area contributed by atoms with Crippen molar-refractivity contribution in [1.29, 1.82) is 0 Å². The maximum absolute atomic E-state index is 11.0. The molecule has 0 aromatic heterocycles. The lowest BCUT2D eigenvalue weighted by Crippen LogP contribution is -2.29. The Morgan fingerprint density at radius 1 is 1.00 bits per heavy atom. The summed E-state index contributed by atoms with van der Waals surface area (Å²) in [4.78, 5) is 21.5. The third-order valence-electron chi connectivity index (χ3n) is 1.58. The Kier molecular flexibility index (Phi) is 21.7. The Hall–Kier alpha value is -1.06. The van der Waals surface area contributed by atoms with Crippen molar-refractivity contribution in [2.75, 3.05) is 13.1 Å². The van der Waals surface area contributed by atoms with Gasteiger partial charge in [-0.15, -0.1) is 0 Å². The van der Waals surface area contributed by atoms with E-state index in [1.165, 1.54) is 13.3 Å². The zero-order valence-corrected chi connectivity index (χ0v) is 11.1. The molecule has 0 saturated heterocycles. The van der Waals surface area contributed by atoms with Crippen LogP contribution in [0.25, 0.3) is 0 Å². The van der Waals surface area contributed by atoms with E-state index >= 15 is 0 Å². The van der Waals surface area contributed by atoms with Crippen molar-refractivity contribution in [3.63, 3.8) is 0 Å². The van der Waals surface area contributed by atoms with E-state index in [1.807, 2.05) is 0 Å². The summed E-state index contributed by atoms with van der Waals surface area (Å²) in [5, 5.41) is 5.33. The highest BCUT2D eigenvalue weighted by molar-refractivity contribution is 5.77. The first-order valence-electron chi connectivity index (χ1n) is 6.09. The lowest BCUT2D eigenvalue weighted by Gasteiger charge is -2.04. The van der Waals surface area contributed by atoms with Crippen LogP contribution >= 0.6 is 0 Å². The van der Waals surface area contributed by atoms with Crippen molar-refractivity contribution in [1.82, 2.24) is 10.6 Å². The normalized spacial score (nSPS) is 8.24. The smallest absolute Gasteiger partial charge is 0.221 e. The van der Waals surface area contributed by atoms with Crippen LogP contribution in [-0.4, -0.2) is 24.9 Å². The van der Waals surface area contributed by atoms with Gasteiger partial charge in [-0.05, 0) is 6.42 Å². The summed E-state index contributed by atoms with van der Waals surface area (Å²) in [5.41, 5.74) is 0. The summed E-state index contributed by atoms with van der Waals surface area (Å²) in [6.07, 6.45) is 3.70. The molecular formula is C13H30N2O2. The van der Waals surface area contributed by atoms with Crippen LogP contribution < -0.4 is 10.6 Å². The minimum Gasteiger partial charge on any atom is -0.356 e. The Bertz CT molecular complexity index is 182. The van der Waals surface area contributed by atoms with Crippen LogP contribution in [0.4, 0.5) is 0 Å². The Balaban J connectivity index is -0.000000440. The minimum atomic E-state index is -0.0960. The highest BCUT2D eigenvalue weighted by atomic mass is 16.2. The number of nitrogens with one attached hydrogen (secondary N) is 2. The van der Waals surface area contributed by atoms with Crippen LogP contribution in [0.1, 0.15) is 60.8 Å². The predicted octanol–water partition coefficient (Wildman–Crippen LogP) is 2.48. The molecule has 4 heteroatoms. The highest BCUT2D eigenvalue weighted by Crippen LogP contribution is 1.84. The molecule has 104 valence electrons. The average Bonchev–Trinajstić information content (AvgIpc) is 2.18. The van der Waals surface area contributed by atoms with Gasteiger partial charge in [0.05, 0.1) is 0 Å². The molecule has 0 bridgehead atoms. The van der Waals surface area contributed by atoms with Crippen LogP contribution in [-0.2, 0) is 9.59 Å². The van der Waals surface area contributed by atoms with Gasteiger partial charge in [-0.25, -0.2) is 0 Å². The molecular weight excluding hydrogens is 216 g/mol. The largest absolute Gasteiger partial charge is 0.356 e. The molecule has 0 saturated carbocycles. The number of amides is 2. The van der Waals surface area contributed by atoms with E-state index in [1.54, 1.807) is 0 Å². The third-order valence-corrected chi connectivity index (χ3v) is 1.58. The van der Waals surface area contributed by atoms with E-state index in [0.717, 1.165) is 19.4 Å². The fourth-order valence-electron chi connectivity index (χ4n) is 0.845. The number of carbonyl (C=O) groups is 2. The van der Waals surface area contributed by atoms with Gasteiger partial charge in [0.1, 0.15) is 0 Å². The second kappa shape index (κ2) is 17.3. The summed E-state index contributed by atoms with van der Waals surface area (Å²) in [7, 11) is 0. The zero-order chi connectivity index (χ0) is 12.8. The molecule has 0 atom stereocenters. The second-order valence-corrected chi connectivity index (χ2v) is 3.64. The zero-order valence-electron chi connectivity index (χ0n) is 11.1. The van der Waals surface area contributed by atoms with Crippen molar-refractivity contribution < 1.29 is 9.59 Å². The summed E-state index contributed by atoms with van der Waals surface area (Å²) in [5.74, 6) is -0.0939. The van der Waals surface area contributed by atoms with Gasteiger partial charge in [-0.3, -0.25) is 9.59 Å². The summed E-state index contributed by atoms with van der Waals surface area (Å²) >= 11 is 0. The van der Waals surface area contributed by atoms with Gasteiger partial charge in [0, 0.05) is 26.4 Å². The molecule has 4 nitrogen and oxygen atoms in total. The Labute approximate surface area is 107 Å². The predicted molar refractivity (Wildman–Crippen MR) is 73.9 cm³/mol. The van der Waals surface area contributed by atoms with Crippen molar-refractivity contribution in [2.24, 2.45) is 0 Å². The number of hydrogen-bond acceptors (Lipinski definition) is 2. The molecule has 17 heavy (non-hydrogen) atoms. The van der Waals surface area contributed by atoms with E-state index in [4.69, 9.17) is 0 Å². The summed E-state index contributed by atoms with van der Waals surface area (Å²) in [6.45, 7) is 8.92. The van der Waals surface area contributed by atoms with Crippen LogP contribution in [0.5, 0.6) is 0 Å². The van der Waals surface area contributed by atoms with E-state index in [2.05, 4.69) is 31.4 Å². The quantitative estimate of drug-likeness (QED) is 0.707. The van der Waals surface area contributed by atoms with Gasteiger partial charge in [0.25, 0.3) is 0 Å². The molecule has 0 aliphatic heterocycles. The molecule has 0 fully saturated rings. The van der Waals surface area contributed by atoms with E-state index in [9.17, 15) is 9.59 Å². The second-order valence-electron chi connectivity index (χ2n) is 3.64. The average molecular weight is 246 g/mol. The minimum absolute atomic E-state index is 0. The molecule has 0 heterocycles. The monoisotopic (exact) mass is 246 g/mol. The number of rotatable bonds is 6. The summed E-state index contributed by atoms with van der Waals surface area (Å²) in [6, 6.07) is 0. The molecule has 2 N–H and O–H groups in total. The molecule has 0 rings (SSSR count). The molecule has 0 aliphatic rings. The number of hydrogen-bond donors (Lipinski definition) is 2. The van der Waals surface area contributed by atoms with Gasteiger partial charge in [-0.2, -0.15) is 0 Å². The first-order valence-corrected chi connectivity index (χ1v) is 6.09. The molecule has 0 aliphatic carbocycles. The number of carbonyl (C=O) groups excluding carboxylic acids is 2. The van der Waals surface area contributed by atoms with Crippen molar-refractivity contribution >= 4 is 11.8 Å². The lowest BCUT2D eigenvalue weighted by molar-refractivity contribution is -0.121. The summed E-state index contributed by atoms with van der Waals surface area (Å²) < 4.78 is 0.